The van der Waals surface area contributed by atoms with Crippen LogP contribution in [-0.2, 0) is 9.57 Å². The molecule has 0 radical (unpaired) electrons. The van der Waals surface area contributed by atoms with Crippen LogP contribution in [0.25, 0.3) is 0 Å². The van der Waals surface area contributed by atoms with Crippen molar-refractivity contribution in [3.63, 3.8) is 0 Å². The summed E-state index contributed by atoms with van der Waals surface area (Å²) in [5, 5.41) is 0. The molecule has 8 heavy (non-hydrogen) atoms. The van der Waals surface area contributed by atoms with Crippen molar-refractivity contribution in [3.05, 3.63) is 0 Å². The highest BCUT2D eigenvalue weighted by Gasteiger charge is 1.96. The lowest BCUT2D eigenvalue weighted by molar-refractivity contribution is -0.0393. The Labute approximate surface area is 49.9 Å². The van der Waals surface area contributed by atoms with Crippen LogP contribution >= 0.6 is 0 Å². The number of hydrogen-bond donors (Lipinski definition) is 1. The number of ether oxygens (including phenoxy) is 1. The maximum atomic E-state index is 4.91. The van der Waals surface area contributed by atoms with Crippen molar-refractivity contribution in [1.29, 1.82) is 0 Å². The first-order chi connectivity index (χ1) is 3.81. The van der Waals surface area contributed by atoms with E-state index in [1.54, 1.807) is 14.2 Å². The van der Waals surface area contributed by atoms with Crippen LogP contribution in [-0.4, -0.2) is 26.9 Å². The van der Waals surface area contributed by atoms with Gasteiger partial charge in [0, 0.05) is 14.2 Å². The van der Waals surface area contributed by atoms with E-state index in [0.717, 1.165) is 0 Å². The number of hydroxylamine groups is 1. The summed E-state index contributed by atoms with van der Waals surface area (Å²) in [6.45, 7) is 2.56. The molecule has 0 saturated heterocycles. The molecule has 50 valence electrons. The average Bonchev–Trinajstić information content (AvgIpc) is 1.68. The van der Waals surface area contributed by atoms with Crippen molar-refractivity contribution < 1.29 is 9.57 Å². The molecule has 1 atom stereocenters. The predicted molar refractivity (Wildman–Crippen MR) is 31.5 cm³/mol. The molecule has 0 heterocycles. The molecule has 0 bridgehead atoms. The molecule has 0 saturated carbocycles. The smallest absolute Gasteiger partial charge is 0.0994 e. The zero-order valence-corrected chi connectivity index (χ0v) is 5.60. The van der Waals surface area contributed by atoms with Crippen LogP contribution in [0.3, 0.4) is 0 Å². The minimum absolute atomic E-state index is 0.130. The third-order valence-electron chi connectivity index (χ3n) is 0.720. The van der Waals surface area contributed by atoms with Crippen molar-refractivity contribution in [2.45, 2.75) is 13.0 Å². The van der Waals surface area contributed by atoms with E-state index in [9.17, 15) is 0 Å². The van der Waals surface area contributed by atoms with Gasteiger partial charge >= 0.3 is 0 Å². The van der Waals surface area contributed by atoms with Gasteiger partial charge in [-0.3, -0.25) is 4.84 Å². The van der Waals surface area contributed by atoms with E-state index in [-0.39, 0.29) is 6.10 Å². The number of hydrogen-bond acceptors (Lipinski definition) is 3. The number of nitrogens with one attached hydrogen (secondary N) is 1. The molecule has 0 rings (SSSR count). The third-order valence-corrected chi connectivity index (χ3v) is 0.720. The Morgan fingerprint density at radius 1 is 1.62 bits per heavy atom. The average molecular weight is 119 g/mol. The minimum Gasteiger partial charge on any atom is -0.382 e. The first-order valence-corrected chi connectivity index (χ1v) is 2.62. The molecule has 0 aliphatic rings. The van der Waals surface area contributed by atoms with Gasteiger partial charge < -0.3 is 4.74 Å². The van der Waals surface area contributed by atoms with E-state index in [4.69, 9.17) is 9.57 Å². The van der Waals surface area contributed by atoms with Crippen LogP contribution in [0.5, 0.6) is 0 Å². The molecule has 0 aromatic carbocycles. The maximum Gasteiger partial charge on any atom is 0.0994 e. The summed E-state index contributed by atoms with van der Waals surface area (Å²) in [6.07, 6.45) is 0.130. The van der Waals surface area contributed by atoms with Gasteiger partial charge in [0.1, 0.15) is 0 Å². The highest BCUT2D eigenvalue weighted by molar-refractivity contribution is 4.41. The van der Waals surface area contributed by atoms with Gasteiger partial charge in [-0.1, -0.05) is 0 Å². The molecule has 1 unspecified atom stereocenters. The third kappa shape index (κ3) is 4.05. The summed E-state index contributed by atoms with van der Waals surface area (Å²) < 4.78 is 4.79. The van der Waals surface area contributed by atoms with Crippen molar-refractivity contribution >= 4 is 0 Å². The summed E-state index contributed by atoms with van der Waals surface area (Å²) in [7, 11) is 3.38. The zero-order valence-electron chi connectivity index (χ0n) is 5.60. The molecule has 3 heteroatoms. The van der Waals surface area contributed by atoms with Crippen LogP contribution in [0.2, 0.25) is 0 Å². The fourth-order valence-electron chi connectivity index (χ4n) is 0.470. The summed E-state index contributed by atoms with van der Waals surface area (Å²) in [4.78, 5) is 4.91. The fraction of sp³-hybridized carbons (Fsp3) is 1.00. The topological polar surface area (TPSA) is 30.5 Å². The van der Waals surface area contributed by atoms with Gasteiger partial charge in [0.15, 0.2) is 0 Å². The van der Waals surface area contributed by atoms with Gasteiger partial charge in [-0.2, -0.15) is 0 Å². The molecular weight excluding hydrogens is 106 g/mol. The Morgan fingerprint density at radius 2 is 2.25 bits per heavy atom. The molecule has 0 spiro atoms. The van der Waals surface area contributed by atoms with E-state index in [1.165, 1.54) is 0 Å². The summed E-state index contributed by atoms with van der Waals surface area (Å²) in [5.74, 6) is 0. The monoisotopic (exact) mass is 119 g/mol. The molecule has 0 aromatic rings. The lowest BCUT2D eigenvalue weighted by Crippen LogP contribution is -2.21. The van der Waals surface area contributed by atoms with Crippen molar-refractivity contribution in [2.24, 2.45) is 0 Å². The second-order valence-electron chi connectivity index (χ2n) is 1.59. The standard InChI is InChI=1S/C5H13NO2/c1-5(4-7-3)8-6-2/h5-6H,4H2,1-3H3. The van der Waals surface area contributed by atoms with Gasteiger partial charge in [0.25, 0.3) is 0 Å². The normalized spacial score (nSPS) is 13.9. The molecule has 3 nitrogen and oxygen atoms in total. The lowest BCUT2D eigenvalue weighted by atomic mass is 10.4. The maximum absolute atomic E-state index is 4.91. The van der Waals surface area contributed by atoms with Crippen LogP contribution in [0.15, 0.2) is 0 Å². The van der Waals surface area contributed by atoms with Crippen LogP contribution < -0.4 is 5.48 Å². The van der Waals surface area contributed by atoms with Gasteiger partial charge in [0.05, 0.1) is 12.7 Å². The van der Waals surface area contributed by atoms with E-state index < -0.39 is 0 Å². The zero-order chi connectivity index (χ0) is 6.41. The SMILES string of the molecule is CNOC(C)COC. The first kappa shape index (κ1) is 7.88. The van der Waals surface area contributed by atoms with Gasteiger partial charge in [-0.15, -0.1) is 0 Å². The highest BCUT2D eigenvalue weighted by atomic mass is 16.7. The van der Waals surface area contributed by atoms with Crippen molar-refractivity contribution in [3.8, 4) is 0 Å². The van der Waals surface area contributed by atoms with Crippen molar-refractivity contribution in [1.82, 2.24) is 5.48 Å². The molecule has 0 aromatic heterocycles. The van der Waals surface area contributed by atoms with Gasteiger partial charge in [-0.05, 0) is 6.92 Å². The summed E-state index contributed by atoms with van der Waals surface area (Å²) in [6, 6.07) is 0. The lowest BCUT2D eigenvalue weighted by Gasteiger charge is -2.08. The van der Waals surface area contributed by atoms with E-state index in [1.807, 2.05) is 6.92 Å². The van der Waals surface area contributed by atoms with Crippen LogP contribution in [0, 0.1) is 0 Å². The molecule has 0 aliphatic carbocycles. The molecule has 1 N–H and O–H groups in total. The summed E-state index contributed by atoms with van der Waals surface area (Å²) >= 11 is 0. The Morgan fingerprint density at radius 3 is 2.62 bits per heavy atom. The Balaban J connectivity index is 2.92. The quantitative estimate of drug-likeness (QED) is 0.535. The van der Waals surface area contributed by atoms with Gasteiger partial charge in [-0.25, -0.2) is 5.48 Å². The summed E-state index contributed by atoms with van der Waals surface area (Å²) in [5.41, 5.74) is 2.57. The van der Waals surface area contributed by atoms with Crippen molar-refractivity contribution in [2.75, 3.05) is 20.8 Å². The van der Waals surface area contributed by atoms with Crippen LogP contribution in [0.1, 0.15) is 6.92 Å². The fourth-order valence-corrected chi connectivity index (χ4v) is 0.470. The second kappa shape index (κ2) is 5.03. The van der Waals surface area contributed by atoms with E-state index >= 15 is 0 Å². The number of methoxy groups -OCH3 is 1. The predicted octanol–water partition coefficient (Wildman–Crippen LogP) is 0.172. The van der Waals surface area contributed by atoms with E-state index in [2.05, 4.69) is 5.48 Å². The van der Waals surface area contributed by atoms with Crippen LogP contribution in [0.4, 0.5) is 0 Å². The molecular formula is C5H13NO2. The Bertz CT molecular complexity index is 43.7. The first-order valence-electron chi connectivity index (χ1n) is 2.62. The Hall–Kier alpha value is -0.120. The largest absolute Gasteiger partial charge is 0.382 e. The number of rotatable bonds is 4. The second-order valence-corrected chi connectivity index (χ2v) is 1.59. The molecule has 0 aliphatic heterocycles. The minimum atomic E-state index is 0.130. The van der Waals surface area contributed by atoms with Gasteiger partial charge in [0.2, 0.25) is 0 Å². The molecule has 0 amide bonds. The molecule has 0 fully saturated rings. The highest BCUT2D eigenvalue weighted by Crippen LogP contribution is 1.84. The van der Waals surface area contributed by atoms with E-state index in [0.29, 0.717) is 6.61 Å². The Kier molecular flexibility index (Phi) is 4.95.